The summed E-state index contributed by atoms with van der Waals surface area (Å²) in [5.41, 5.74) is 0.672. The van der Waals surface area contributed by atoms with Gasteiger partial charge in [0.05, 0.1) is 6.26 Å². The molecular formula is C16H17BrN2O3S. The van der Waals surface area contributed by atoms with Gasteiger partial charge >= 0.3 is 0 Å². The van der Waals surface area contributed by atoms with Gasteiger partial charge in [0.15, 0.2) is 5.76 Å². The lowest BCUT2D eigenvalue weighted by Crippen LogP contribution is -2.44. The number of anilines is 1. The number of carbonyl (C=O) groups is 2. The van der Waals surface area contributed by atoms with Crippen molar-refractivity contribution < 1.29 is 14.0 Å². The van der Waals surface area contributed by atoms with Gasteiger partial charge in [-0.15, -0.1) is 0 Å². The highest BCUT2D eigenvalue weighted by Crippen LogP contribution is 2.16. The van der Waals surface area contributed by atoms with Crippen LogP contribution in [0.2, 0.25) is 0 Å². The van der Waals surface area contributed by atoms with Gasteiger partial charge in [0.25, 0.3) is 5.91 Å². The molecule has 0 bridgehead atoms. The highest BCUT2D eigenvalue weighted by atomic mass is 79.9. The summed E-state index contributed by atoms with van der Waals surface area (Å²) in [6, 6.07) is 9.87. The van der Waals surface area contributed by atoms with Crippen LogP contribution in [0.3, 0.4) is 0 Å². The van der Waals surface area contributed by atoms with E-state index in [2.05, 4.69) is 26.6 Å². The minimum atomic E-state index is -0.626. The number of rotatable bonds is 7. The molecular weight excluding hydrogens is 380 g/mol. The first kappa shape index (κ1) is 17.6. The second-order valence-corrected chi connectivity index (χ2v) is 6.69. The van der Waals surface area contributed by atoms with E-state index in [1.807, 2.05) is 18.4 Å². The van der Waals surface area contributed by atoms with Crippen molar-refractivity contribution in [2.24, 2.45) is 0 Å². The number of amides is 2. The lowest BCUT2D eigenvalue weighted by molar-refractivity contribution is -0.118. The predicted molar refractivity (Wildman–Crippen MR) is 95.7 cm³/mol. The van der Waals surface area contributed by atoms with Gasteiger partial charge in [-0.3, -0.25) is 9.59 Å². The maximum Gasteiger partial charge on any atom is 0.287 e. The van der Waals surface area contributed by atoms with Gasteiger partial charge in [-0.05, 0) is 48.8 Å². The van der Waals surface area contributed by atoms with E-state index in [9.17, 15) is 9.59 Å². The zero-order valence-corrected chi connectivity index (χ0v) is 14.9. The third kappa shape index (κ3) is 5.44. The number of halogens is 1. The summed E-state index contributed by atoms with van der Waals surface area (Å²) in [7, 11) is 0. The Balaban J connectivity index is 2.04. The van der Waals surface area contributed by atoms with E-state index in [1.54, 1.807) is 36.0 Å². The number of hydrogen-bond acceptors (Lipinski definition) is 4. The molecule has 0 aliphatic rings. The fraction of sp³-hybridized carbons (Fsp3) is 0.250. The van der Waals surface area contributed by atoms with Crippen molar-refractivity contribution in [1.82, 2.24) is 5.32 Å². The van der Waals surface area contributed by atoms with Crippen LogP contribution in [-0.4, -0.2) is 29.9 Å². The van der Waals surface area contributed by atoms with E-state index >= 15 is 0 Å². The first-order valence-electron chi connectivity index (χ1n) is 7.00. The van der Waals surface area contributed by atoms with Gasteiger partial charge in [0.2, 0.25) is 5.91 Å². The Labute approximate surface area is 147 Å². The van der Waals surface area contributed by atoms with E-state index in [-0.39, 0.29) is 11.7 Å². The quantitative estimate of drug-likeness (QED) is 0.750. The molecule has 1 aromatic heterocycles. The predicted octanol–water partition coefficient (Wildman–Crippen LogP) is 3.53. The highest BCUT2D eigenvalue weighted by molar-refractivity contribution is 9.10. The van der Waals surface area contributed by atoms with Gasteiger partial charge in [0.1, 0.15) is 6.04 Å². The van der Waals surface area contributed by atoms with Crippen molar-refractivity contribution in [2.45, 2.75) is 12.5 Å². The summed E-state index contributed by atoms with van der Waals surface area (Å²) >= 11 is 4.98. The Kier molecular flexibility index (Phi) is 6.73. The number of furan rings is 1. The molecule has 1 aromatic carbocycles. The van der Waals surface area contributed by atoms with Crippen molar-refractivity contribution in [3.8, 4) is 0 Å². The number of thioether (sulfide) groups is 1. The number of benzene rings is 1. The van der Waals surface area contributed by atoms with Crippen LogP contribution in [0.1, 0.15) is 17.0 Å². The second-order valence-electron chi connectivity index (χ2n) is 4.78. The van der Waals surface area contributed by atoms with Crippen LogP contribution in [0.25, 0.3) is 0 Å². The summed E-state index contributed by atoms with van der Waals surface area (Å²) in [5, 5.41) is 5.54. The third-order valence-electron chi connectivity index (χ3n) is 3.07. The zero-order chi connectivity index (χ0) is 16.7. The van der Waals surface area contributed by atoms with Crippen LogP contribution in [0.5, 0.6) is 0 Å². The molecule has 0 unspecified atom stereocenters. The van der Waals surface area contributed by atoms with Crippen LogP contribution >= 0.6 is 27.7 Å². The van der Waals surface area contributed by atoms with Gasteiger partial charge in [0, 0.05) is 10.2 Å². The van der Waals surface area contributed by atoms with E-state index in [4.69, 9.17) is 4.42 Å². The second kappa shape index (κ2) is 8.79. The molecule has 2 rings (SSSR count). The molecule has 2 aromatic rings. The van der Waals surface area contributed by atoms with Crippen LogP contribution in [0.15, 0.2) is 51.6 Å². The summed E-state index contributed by atoms with van der Waals surface area (Å²) in [6.07, 6.45) is 3.92. The first-order valence-corrected chi connectivity index (χ1v) is 9.18. The molecule has 7 heteroatoms. The Morgan fingerprint density at radius 1 is 1.30 bits per heavy atom. The Bertz CT molecular complexity index is 661. The van der Waals surface area contributed by atoms with Gasteiger partial charge in [-0.25, -0.2) is 0 Å². The fourth-order valence-electron chi connectivity index (χ4n) is 1.94. The molecule has 23 heavy (non-hydrogen) atoms. The van der Waals surface area contributed by atoms with Gasteiger partial charge in [-0.2, -0.15) is 11.8 Å². The molecule has 1 atom stereocenters. The Hall–Kier alpha value is -1.73. The molecule has 2 N–H and O–H groups in total. The molecule has 1 heterocycles. The highest BCUT2D eigenvalue weighted by Gasteiger charge is 2.22. The smallest absolute Gasteiger partial charge is 0.287 e. The number of hydrogen-bond donors (Lipinski definition) is 2. The van der Waals surface area contributed by atoms with Crippen molar-refractivity contribution in [3.05, 3.63) is 52.9 Å². The van der Waals surface area contributed by atoms with E-state index < -0.39 is 11.9 Å². The standard InChI is InChI=1S/C16H17BrN2O3S/c1-23-9-7-13(19-16(21)14-6-3-8-22-14)15(20)18-12-5-2-4-11(17)10-12/h2-6,8,10,13H,7,9H2,1H3,(H,18,20)(H,19,21)/t13-/m1/s1. The molecule has 2 amide bonds. The molecule has 0 radical (unpaired) electrons. The van der Waals surface area contributed by atoms with Crippen molar-refractivity contribution in [3.63, 3.8) is 0 Å². The topological polar surface area (TPSA) is 71.3 Å². The molecule has 0 saturated carbocycles. The summed E-state index contributed by atoms with van der Waals surface area (Å²) in [4.78, 5) is 24.5. The summed E-state index contributed by atoms with van der Waals surface area (Å²) in [6.45, 7) is 0. The third-order valence-corrected chi connectivity index (χ3v) is 4.21. The summed E-state index contributed by atoms with van der Waals surface area (Å²) in [5.74, 6) is 0.298. The molecule has 0 aliphatic carbocycles. The number of carbonyl (C=O) groups excluding carboxylic acids is 2. The molecule has 0 aliphatic heterocycles. The maximum atomic E-state index is 12.5. The van der Waals surface area contributed by atoms with Gasteiger partial charge in [-0.1, -0.05) is 22.0 Å². The molecule has 122 valence electrons. The van der Waals surface area contributed by atoms with Crippen molar-refractivity contribution in [2.75, 3.05) is 17.3 Å². The fourth-order valence-corrected chi connectivity index (χ4v) is 2.81. The van der Waals surface area contributed by atoms with Crippen LogP contribution < -0.4 is 10.6 Å². The van der Waals surface area contributed by atoms with E-state index in [0.29, 0.717) is 12.1 Å². The van der Waals surface area contributed by atoms with Crippen molar-refractivity contribution in [1.29, 1.82) is 0 Å². The molecule has 0 fully saturated rings. The first-order chi connectivity index (χ1) is 11.1. The molecule has 0 spiro atoms. The average Bonchev–Trinajstić information content (AvgIpc) is 3.05. The normalized spacial score (nSPS) is 11.7. The van der Waals surface area contributed by atoms with Crippen LogP contribution in [-0.2, 0) is 4.79 Å². The molecule has 0 saturated heterocycles. The average molecular weight is 397 g/mol. The van der Waals surface area contributed by atoms with Crippen molar-refractivity contribution >= 4 is 45.2 Å². The lowest BCUT2D eigenvalue weighted by atomic mass is 10.2. The maximum absolute atomic E-state index is 12.5. The largest absolute Gasteiger partial charge is 0.459 e. The monoisotopic (exact) mass is 396 g/mol. The van der Waals surface area contributed by atoms with E-state index in [0.717, 1.165) is 10.2 Å². The van der Waals surface area contributed by atoms with Crippen LogP contribution in [0.4, 0.5) is 5.69 Å². The summed E-state index contributed by atoms with van der Waals surface area (Å²) < 4.78 is 5.93. The Morgan fingerprint density at radius 2 is 2.13 bits per heavy atom. The lowest BCUT2D eigenvalue weighted by Gasteiger charge is -2.17. The zero-order valence-electron chi connectivity index (χ0n) is 12.5. The van der Waals surface area contributed by atoms with Gasteiger partial charge < -0.3 is 15.1 Å². The van der Waals surface area contributed by atoms with Crippen LogP contribution in [0, 0.1) is 0 Å². The Morgan fingerprint density at radius 3 is 2.78 bits per heavy atom. The SMILES string of the molecule is CSCC[C@@H](NC(=O)c1ccco1)C(=O)Nc1cccc(Br)c1. The molecule has 5 nitrogen and oxygen atoms in total. The minimum absolute atomic E-state index is 0.189. The minimum Gasteiger partial charge on any atom is -0.459 e. The van der Waals surface area contributed by atoms with E-state index in [1.165, 1.54) is 6.26 Å². The number of nitrogens with one attached hydrogen (secondary N) is 2.